The fourth-order valence-electron chi connectivity index (χ4n) is 3.20. The van der Waals surface area contributed by atoms with Gasteiger partial charge in [-0.15, -0.1) is 0 Å². The SMILES string of the molecule is Cc1ccccc1C(N(C)C)C1(CO)CCC1. The molecular weight excluding hydrogens is 210 g/mol. The molecule has 17 heavy (non-hydrogen) atoms. The molecule has 1 N–H and O–H groups in total. The van der Waals surface area contributed by atoms with Crippen molar-refractivity contribution in [3.05, 3.63) is 35.4 Å². The number of rotatable bonds is 4. The summed E-state index contributed by atoms with van der Waals surface area (Å²) < 4.78 is 0. The molecule has 94 valence electrons. The highest BCUT2D eigenvalue weighted by atomic mass is 16.3. The third-order valence-electron chi connectivity index (χ3n) is 4.24. The fourth-order valence-corrected chi connectivity index (χ4v) is 3.20. The number of benzene rings is 1. The number of aryl methyl sites for hydroxylation is 1. The van der Waals surface area contributed by atoms with Gasteiger partial charge in [0, 0.05) is 11.5 Å². The van der Waals surface area contributed by atoms with E-state index >= 15 is 0 Å². The first-order valence-corrected chi connectivity index (χ1v) is 6.43. The van der Waals surface area contributed by atoms with E-state index in [-0.39, 0.29) is 5.41 Å². The highest BCUT2D eigenvalue weighted by Gasteiger charge is 2.45. The van der Waals surface area contributed by atoms with Crippen molar-refractivity contribution in [2.75, 3.05) is 20.7 Å². The van der Waals surface area contributed by atoms with Gasteiger partial charge in [0.15, 0.2) is 0 Å². The van der Waals surface area contributed by atoms with Gasteiger partial charge in [-0.2, -0.15) is 0 Å². The molecule has 0 aliphatic heterocycles. The molecule has 0 amide bonds. The van der Waals surface area contributed by atoms with Crippen LogP contribution in [0.25, 0.3) is 0 Å². The molecule has 0 bridgehead atoms. The molecule has 1 aromatic rings. The summed E-state index contributed by atoms with van der Waals surface area (Å²) >= 11 is 0. The first-order valence-electron chi connectivity index (χ1n) is 6.43. The van der Waals surface area contributed by atoms with E-state index in [1.807, 2.05) is 0 Å². The fraction of sp³-hybridized carbons (Fsp3) is 0.600. The first kappa shape index (κ1) is 12.6. The molecule has 1 fully saturated rings. The summed E-state index contributed by atoms with van der Waals surface area (Å²) in [5.74, 6) is 0. The van der Waals surface area contributed by atoms with Gasteiger partial charge in [0.2, 0.25) is 0 Å². The second-order valence-electron chi connectivity index (χ2n) is 5.60. The summed E-state index contributed by atoms with van der Waals surface area (Å²) in [4.78, 5) is 2.26. The minimum Gasteiger partial charge on any atom is -0.396 e. The average molecular weight is 233 g/mol. The van der Waals surface area contributed by atoms with Gasteiger partial charge in [-0.1, -0.05) is 30.7 Å². The third kappa shape index (κ3) is 2.12. The summed E-state index contributed by atoms with van der Waals surface area (Å²) in [6.07, 6.45) is 3.53. The number of aliphatic hydroxyl groups excluding tert-OH is 1. The largest absolute Gasteiger partial charge is 0.396 e. The van der Waals surface area contributed by atoms with Crippen molar-refractivity contribution < 1.29 is 5.11 Å². The smallest absolute Gasteiger partial charge is 0.0505 e. The minimum absolute atomic E-state index is 0.0790. The predicted octanol–water partition coefficient (Wildman–Crippen LogP) is 2.76. The van der Waals surface area contributed by atoms with Crippen LogP contribution in [0.1, 0.15) is 36.4 Å². The van der Waals surface area contributed by atoms with Crippen LogP contribution in [-0.4, -0.2) is 30.7 Å². The summed E-state index contributed by atoms with van der Waals surface area (Å²) in [5.41, 5.74) is 2.77. The lowest BCUT2D eigenvalue weighted by atomic mass is 9.62. The van der Waals surface area contributed by atoms with Crippen molar-refractivity contribution in [1.82, 2.24) is 4.90 Å². The van der Waals surface area contributed by atoms with E-state index in [0.29, 0.717) is 12.6 Å². The number of hydrogen-bond donors (Lipinski definition) is 1. The predicted molar refractivity (Wildman–Crippen MR) is 71.0 cm³/mol. The topological polar surface area (TPSA) is 23.5 Å². The van der Waals surface area contributed by atoms with E-state index in [9.17, 15) is 5.11 Å². The first-order chi connectivity index (χ1) is 8.10. The summed E-state index contributed by atoms with van der Waals surface area (Å²) in [6.45, 7) is 2.46. The van der Waals surface area contributed by atoms with Gasteiger partial charge >= 0.3 is 0 Å². The Morgan fingerprint density at radius 3 is 2.35 bits per heavy atom. The van der Waals surface area contributed by atoms with Crippen molar-refractivity contribution in [3.8, 4) is 0 Å². The van der Waals surface area contributed by atoms with Gasteiger partial charge in [-0.05, 0) is 45.0 Å². The van der Waals surface area contributed by atoms with Crippen LogP contribution in [-0.2, 0) is 0 Å². The van der Waals surface area contributed by atoms with Crippen LogP contribution in [0.4, 0.5) is 0 Å². The Hall–Kier alpha value is -0.860. The number of aliphatic hydroxyl groups is 1. The quantitative estimate of drug-likeness (QED) is 0.864. The molecule has 2 heteroatoms. The second-order valence-corrected chi connectivity index (χ2v) is 5.60. The van der Waals surface area contributed by atoms with E-state index in [1.54, 1.807) is 0 Å². The Kier molecular flexibility index (Phi) is 3.55. The van der Waals surface area contributed by atoms with E-state index in [4.69, 9.17) is 0 Å². The van der Waals surface area contributed by atoms with Crippen molar-refractivity contribution >= 4 is 0 Å². The Labute approximate surface area is 104 Å². The molecule has 2 nitrogen and oxygen atoms in total. The van der Waals surface area contributed by atoms with Gasteiger partial charge in [-0.25, -0.2) is 0 Å². The standard InChI is InChI=1S/C15H23NO/c1-12-7-4-5-8-13(12)14(16(2)3)15(11-17)9-6-10-15/h4-5,7-8,14,17H,6,9-11H2,1-3H3. The van der Waals surface area contributed by atoms with Crippen LogP contribution in [0.5, 0.6) is 0 Å². The van der Waals surface area contributed by atoms with Crippen molar-refractivity contribution in [2.45, 2.75) is 32.2 Å². The molecule has 0 saturated heterocycles. The van der Waals surface area contributed by atoms with Crippen molar-refractivity contribution in [2.24, 2.45) is 5.41 Å². The molecule has 1 atom stereocenters. The number of nitrogens with zero attached hydrogens (tertiary/aromatic N) is 1. The lowest BCUT2D eigenvalue weighted by molar-refractivity contribution is -0.0310. The molecule has 1 saturated carbocycles. The van der Waals surface area contributed by atoms with E-state index in [1.165, 1.54) is 17.5 Å². The van der Waals surface area contributed by atoms with Crippen LogP contribution in [0, 0.1) is 12.3 Å². The van der Waals surface area contributed by atoms with Gasteiger partial charge in [-0.3, -0.25) is 0 Å². The molecule has 1 aliphatic rings. The molecule has 0 spiro atoms. The van der Waals surface area contributed by atoms with E-state index in [0.717, 1.165) is 12.8 Å². The van der Waals surface area contributed by atoms with E-state index < -0.39 is 0 Å². The highest BCUT2D eigenvalue weighted by molar-refractivity contribution is 5.31. The second kappa shape index (κ2) is 4.79. The average Bonchev–Trinajstić information content (AvgIpc) is 2.24. The third-order valence-corrected chi connectivity index (χ3v) is 4.24. The maximum Gasteiger partial charge on any atom is 0.0505 e. The lowest BCUT2D eigenvalue weighted by Gasteiger charge is -2.49. The summed E-state index contributed by atoms with van der Waals surface area (Å²) in [5, 5.41) is 9.78. The Bertz CT molecular complexity index is 377. The molecule has 1 aromatic carbocycles. The maximum atomic E-state index is 9.78. The zero-order chi connectivity index (χ0) is 12.5. The van der Waals surface area contributed by atoms with Gasteiger partial charge in [0.05, 0.1) is 6.61 Å². The summed E-state index contributed by atoms with van der Waals surface area (Å²) in [6, 6.07) is 8.88. The highest BCUT2D eigenvalue weighted by Crippen LogP contribution is 2.52. The molecule has 0 radical (unpaired) electrons. The molecule has 2 rings (SSSR count). The van der Waals surface area contributed by atoms with Crippen molar-refractivity contribution in [3.63, 3.8) is 0 Å². The van der Waals surface area contributed by atoms with Gasteiger partial charge in [0.25, 0.3) is 0 Å². The molecule has 0 heterocycles. The van der Waals surface area contributed by atoms with Gasteiger partial charge < -0.3 is 10.0 Å². The van der Waals surface area contributed by atoms with E-state index in [2.05, 4.69) is 50.2 Å². The van der Waals surface area contributed by atoms with Crippen LogP contribution in [0.15, 0.2) is 24.3 Å². The Morgan fingerprint density at radius 2 is 1.94 bits per heavy atom. The lowest BCUT2D eigenvalue weighted by Crippen LogP contribution is -2.45. The van der Waals surface area contributed by atoms with Crippen molar-refractivity contribution in [1.29, 1.82) is 0 Å². The molecular formula is C15H23NO. The normalized spacial score (nSPS) is 20.1. The van der Waals surface area contributed by atoms with Crippen LogP contribution >= 0.6 is 0 Å². The summed E-state index contributed by atoms with van der Waals surface area (Å²) in [7, 11) is 4.24. The number of hydrogen-bond acceptors (Lipinski definition) is 2. The van der Waals surface area contributed by atoms with Gasteiger partial charge in [0.1, 0.15) is 0 Å². The zero-order valence-corrected chi connectivity index (χ0v) is 11.1. The molecule has 1 unspecified atom stereocenters. The molecule has 0 aromatic heterocycles. The van der Waals surface area contributed by atoms with Crippen LogP contribution < -0.4 is 0 Å². The maximum absolute atomic E-state index is 9.78. The Morgan fingerprint density at radius 1 is 1.29 bits per heavy atom. The Balaban J connectivity index is 2.39. The minimum atomic E-state index is 0.0790. The molecule has 1 aliphatic carbocycles. The van der Waals surface area contributed by atoms with Crippen LogP contribution in [0.2, 0.25) is 0 Å². The van der Waals surface area contributed by atoms with Crippen LogP contribution in [0.3, 0.4) is 0 Å². The zero-order valence-electron chi connectivity index (χ0n) is 11.1. The monoisotopic (exact) mass is 233 g/mol.